The van der Waals surface area contributed by atoms with Gasteiger partial charge in [-0.2, -0.15) is 0 Å². The summed E-state index contributed by atoms with van der Waals surface area (Å²) in [5.74, 6) is 0. The second-order valence-electron chi connectivity index (χ2n) is 4.53. The molecule has 76 valence electrons. The molecule has 1 aromatic rings. The van der Waals surface area contributed by atoms with E-state index in [1.54, 1.807) is 0 Å². The maximum absolute atomic E-state index is 5.78. The quantitative estimate of drug-likeness (QED) is 0.760. The third kappa shape index (κ3) is 2.05. The van der Waals surface area contributed by atoms with Gasteiger partial charge >= 0.3 is 0 Å². The van der Waals surface area contributed by atoms with Gasteiger partial charge in [0, 0.05) is 6.54 Å². The molecule has 1 heteroatoms. The van der Waals surface area contributed by atoms with Gasteiger partial charge in [0.25, 0.3) is 0 Å². The van der Waals surface area contributed by atoms with Crippen molar-refractivity contribution in [1.29, 1.82) is 0 Å². The van der Waals surface area contributed by atoms with Crippen LogP contribution in [0.1, 0.15) is 37.5 Å². The Balaban J connectivity index is 3.36. The van der Waals surface area contributed by atoms with Crippen LogP contribution in [-0.4, -0.2) is 0 Å². The van der Waals surface area contributed by atoms with E-state index in [9.17, 15) is 0 Å². The topological polar surface area (TPSA) is 26.0 Å². The lowest BCUT2D eigenvalue weighted by molar-refractivity contribution is 0.582. The van der Waals surface area contributed by atoms with E-state index in [2.05, 4.69) is 45.5 Å². The van der Waals surface area contributed by atoms with Gasteiger partial charge in [0.15, 0.2) is 0 Å². The summed E-state index contributed by atoms with van der Waals surface area (Å²) in [4.78, 5) is 0. The van der Waals surface area contributed by atoms with Crippen LogP contribution in [0.5, 0.6) is 0 Å². The monoisotopic (exact) mass is 189 g/mol. The average molecular weight is 189 g/mol. The van der Waals surface area contributed by atoms with Crippen LogP contribution in [0.4, 0.5) is 0 Å². The summed E-state index contributed by atoms with van der Waals surface area (Å²) in [5, 5.41) is 0. The molecule has 1 aromatic carbocycles. The normalized spacial score (nSPS) is 11.4. The van der Waals surface area contributed by atoms with Gasteiger partial charge < -0.3 is 5.73 Å². The van der Waals surface area contributed by atoms with Crippen molar-refractivity contribution < 1.29 is 0 Å². The molecule has 0 aromatic heterocycles. The zero-order valence-electron chi connectivity index (χ0n) is 9.30. The molecule has 0 radical (unpaired) electrons. The highest BCUT2D eigenvalue weighted by Gasteiger charge is 2.17. The van der Waals surface area contributed by atoms with Crippen molar-refractivity contribution in [1.82, 2.24) is 0 Å². The minimum Gasteiger partial charge on any atom is -0.326 e. The Labute approximate surface area is 86.6 Å². The van der Waals surface area contributed by atoms with E-state index in [0.29, 0.717) is 6.54 Å². The molecular weight excluding hydrogens is 170 g/mol. The molecule has 0 saturated carbocycles. The lowest BCUT2D eigenvalue weighted by Gasteiger charge is -2.23. The Morgan fingerprint density at radius 1 is 1.36 bits per heavy atom. The average Bonchev–Trinajstić information content (AvgIpc) is 2.15. The van der Waals surface area contributed by atoms with Gasteiger partial charge in [-0.15, -0.1) is 0 Å². The number of benzene rings is 1. The zero-order valence-corrected chi connectivity index (χ0v) is 9.30. The van der Waals surface area contributed by atoms with Gasteiger partial charge in [0.1, 0.15) is 0 Å². The van der Waals surface area contributed by atoms with Crippen molar-refractivity contribution in [2.24, 2.45) is 5.73 Å². The van der Waals surface area contributed by atoms with Crippen LogP contribution in [0, 0.1) is 0 Å². The van der Waals surface area contributed by atoms with Crippen molar-refractivity contribution in [3.8, 4) is 0 Å². The summed E-state index contributed by atoms with van der Waals surface area (Å²) < 4.78 is 0. The Morgan fingerprint density at radius 2 is 2.00 bits per heavy atom. The lowest BCUT2D eigenvalue weighted by atomic mass is 9.82. The maximum Gasteiger partial charge on any atom is 0.0187 e. The van der Waals surface area contributed by atoms with E-state index >= 15 is 0 Å². The SMILES string of the molecule is C=Cc1cccc(C(C)(C)C)c1CN. The molecule has 0 spiro atoms. The van der Waals surface area contributed by atoms with Crippen LogP contribution >= 0.6 is 0 Å². The zero-order chi connectivity index (χ0) is 10.8. The largest absolute Gasteiger partial charge is 0.326 e. The van der Waals surface area contributed by atoms with E-state index in [0.717, 1.165) is 5.56 Å². The van der Waals surface area contributed by atoms with Gasteiger partial charge in [-0.3, -0.25) is 0 Å². The number of rotatable bonds is 2. The predicted molar refractivity (Wildman–Crippen MR) is 63.1 cm³/mol. The Kier molecular flexibility index (Phi) is 3.12. The second-order valence-corrected chi connectivity index (χ2v) is 4.53. The van der Waals surface area contributed by atoms with E-state index in [1.807, 2.05) is 6.08 Å². The van der Waals surface area contributed by atoms with Crippen molar-refractivity contribution in [2.75, 3.05) is 0 Å². The van der Waals surface area contributed by atoms with Crippen molar-refractivity contribution in [2.45, 2.75) is 32.7 Å². The van der Waals surface area contributed by atoms with Crippen LogP contribution < -0.4 is 5.73 Å². The first-order chi connectivity index (χ1) is 6.50. The summed E-state index contributed by atoms with van der Waals surface area (Å²) >= 11 is 0. The van der Waals surface area contributed by atoms with Crippen LogP contribution in [0.15, 0.2) is 24.8 Å². The van der Waals surface area contributed by atoms with E-state index in [4.69, 9.17) is 5.73 Å². The summed E-state index contributed by atoms with van der Waals surface area (Å²) in [5.41, 5.74) is 9.61. The molecule has 2 N–H and O–H groups in total. The molecule has 1 nitrogen and oxygen atoms in total. The van der Waals surface area contributed by atoms with Gasteiger partial charge in [-0.1, -0.05) is 51.6 Å². The third-order valence-electron chi connectivity index (χ3n) is 2.44. The minimum atomic E-state index is 0.147. The molecule has 0 aliphatic carbocycles. The molecule has 1 rings (SSSR count). The smallest absolute Gasteiger partial charge is 0.0187 e. The van der Waals surface area contributed by atoms with Crippen molar-refractivity contribution in [3.63, 3.8) is 0 Å². The van der Waals surface area contributed by atoms with Crippen molar-refractivity contribution >= 4 is 6.08 Å². The molecule has 0 heterocycles. The first-order valence-electron chi connectivity index (χ1n) is 4.95. The van der Waals surface area contributed by atoms with Crippen LogP contribution in [0.25, 0.3) is 6.08 Å². The molecule has 0 aliphatic heterocycles. The summed E-state index contributed by atoms with van der Waals surface area (Å²) in [6, 6.07) is 6.27. The van der Waals surface area contributed by atoms with Gasteiger partial charge in [0.2, 0.25) is 0 Å². The van der Waals surface area contributed by atoms with Gasteiger partial charge in [-0.25, -0.2) is 0 Å². The first kappa shape index (κ1) is 11.0. The van der Waals surface area contributed by atoms with Crippen LogP contribution in [-0.2, 0) is 12.0 Å². The molecule has 0 amide bonds. The Hall–Kier alpha value is -1.08. The molecule has 0 unspecified atom stereocenters. The van der Waals surface area contributed by atoms with E-state index < -0.39 is 0 Å². The minimum absolute atomic E-state index is 0.147. The van der Waals surface area contributed by atoms with E-state index in [-0.39, 0.29) is 5.41 Å². The highest BCUT2D eigenvalue weighted by atomic mass is 14.5. The molecule has 0 fully saturated rings. The van der Waals surface area contributed by atoms with Crippen molar-refractivity contribution in [3.05, 3.63) is 41.5 Å². The van der Waals surface area contributed by atoms with E-state index in [1.165, 1.54) is 11.1 Å². The summed E-state index contributed by atoms with van der Waals surface area (Å²) in [6.45, 7) is 11.0. The van der Waals surface area contributed by atoms with Gasteiger partial charge in [-0.05, 0) is 22.1 Å². The molecular formula is C13H19N. The predicted octanol–water partition coefficient (Wildman–Crippen LogP) is 3.09. The molecule has 0 aliphatic rings. The van der Waals surface area contributed by atoms with Crippen LogP contribution in [0.3, 0.4) is 0 Å². The second kappa shape index (κ2) is 3.97. The Bertz CT molecular complexity index is 332. The molecule has 0 atom stereocenters. The fourth-order valence-electron chi connectivity index (χ4n) is 1.73. The number of hydrogen-bond donors (Lipinski definition) is 1. The number of hydrogen-bond acceptors (Lipinski definition) is 1. The third-order valence-corrected chi connectivity index (χ3v) is 2.44. The maximum atomic E-state index is 5.78. The number of nitrogens with two attached hydrogens (primary N) is 1. The van der Waals surface area contributed by atoms with Gasteiger partial charge in [0.05, 0.1) is 0 Å². The fraction of sp³-hybridized carbons (Fsp3) is 0.385. The molecule has 0 saturated heterocycles. The van der Waals surface area contributed by atoms with Crippen LogP contribution in [0.2, 0.25) is 0 Å². The molecule has 0 bridgehead atoms. The Morgan fingerprint density at radius 3 is 2.43 bits per heavy atom. The first-order valence-corrected chi connectivity index (χ1v) is 4.95. The summed E-state index contributed by atoms with van der Waals surface area (Å²) in [6.07, 6.45) is 1.87. The highest BCUT2D eigenvalue weighted by molar-refractivity contribution is 5.55. The highest BCUT2D eigenvalue weighted by Crippen LogP contribution is 2.28. The summed E-state index contributed by atoms with van der Waals surface area (Å²) in [7, 11) is 0. The fourth-order valence-corrected chi connectivity index (χ4v) is 1.73. The standard InChI is InChI=1S/C13H19N/c1-5-10-7-6-8-12(11(10)9-14)13(2,3)4/h5-8H,1,9,14H2,2-4H3. The lowest BCUT2D eigenvalue weighted by Crippen LogP contribution is -2.16. The molecule has 14 heavy (non-hydrogen) atoms.